The highest BCUT2D eigenvalue weighted by atomic mass is 32.1. The van der Waals surface area contributed by atoms with Gasteiger partial charge in [0.15, 0.2) is 0 Å². The topological polar surface area (TPSA) is 39.3 Å². The molecule has 0 spiro atoms. The summed E-state index contributed by atoms with van der Waals surface area (Å²) in [5.74, 6) is 0.657. The minimum atomic E-state index is 0.0692. The molecule has 5 heteroatoms. The first-order chi connectivity index (χ1) is 10.3. The minimum absolute atomic E-state index is 0.0692. The largest absolute Gasteiger partial charge is 0.312 e. The van der Waals surface area contributed by atoms with Gasteiger partial charge in [0.1, 0.15) is 11.2 Å². The zero-order valence-corrected chi connectivity index (χ0v) is 12.6. The van der Waals surface area contributed by atoms with Crippen LogP contribution in [-0.4, -0.2) is 14.2 Å². The quantitative estimate of drug-likeness (QED) is 0.743. The van der Waals surface area contributed by atoms with Crippen molar-refractivity contribution in [1.82, 2.24) is 14.2 Å². The molecule has 0 unspecified atom stereocenters. The Morgan fingerprint density at radius 2 is 2.14 bits per heavy atom. The SMILES string of the molecule is O=c1c2cc(-c3cccs3)nn2ccn1CC1CCCC1. The summed E-state index contributed by atoms with van der Waals surface area (Å²) in [6.07, 6.45) is 8.87. The number of thiophene rings is 1. The maximum absolute atomic E-state index is 12.6. The minimum Gasteiger partial charge on any atom is -0.312 e. The van der Waals surface area contributed by atoms with E-state index in [9.17, 15) is 4.79 Å². The number of aromatic nitrogens is 3. The summed E-state index contributed by atoms with van der Waals surface area (Å²) in [5.41, 5.74) is 1.61. The monoisotopic (exact) mass is 299 g/mol. The van der Waals surface area contributed by atoms with Gasteiger partial charge >= 0.3 is 0 Å². The van der Waals surface area contributed by atoms with Crippen LogP contribution in [0.3, 0.4) is 0 Å². The molecule has 108 valence electrons. The van der Waals surface area contributed by atoms with E-state index in [2.05, 4.69) is 5.10 Å². The molecule has 1 saturated carbocycles. The molecule has 0 radical (unpaired) electrons. The average Bonchev–Trinajstić information content (AvgIpc) is 3.21. The highest BCUT2D eigenvalue weighted by molar-refractivity contribution is 7.13. The Hall–Kier alpha value is -1.88. The van der Waals surface area contributed by atoms with Crippen molar-refractivity contribution in [1.29, 1.82) is 0 Å². The summed E-state index contributed by atoms with van der Waals surface area (Å²) in [7, 11) is 0. The van der Waals surface area contributed by atoms with Gasteiger partial charge in [0, 0.05) is 18.9 Å². The number of nitrogens with zero attached hydrogens (tertiary/aromatic N) is 3. The number of hydrogen-bond donors (Lipinski definition) is 0. The van der Waals surface area contributed by atoms with E-state index >= 15 is 0 Å². The van der Waals surface area contributed by atoms with Crippen LogP contribution in [0.25, 0.3) is 16.1 Å². The number of fused-ring (bicyclic) bond motifs is 1. The van der Waals surface area contributed by atoms with Gasteiger partial charge in [0.2, 0.25) is 0 Å². The second kappa shape index (κ2) is 5.15. The van der Waals surface area contributed by atoms with Gasteiger partial charge in [0.25, 0.3) is 5.56 Å². The fourth-order valence-electron chi connectivity index (χ4n) is 3.19. The lowest BCUT2D eigenvalue weighted by Crippen LogP contribution is -2.24. The van der Waals surface area contributed by atoms with Crippen molar-refractivity contribution in [2.45, 2.75) is 32.2 Å². The third-order valence-electron chi connectivity index (χ3n) is 4.31. The van der Waals surface area contributed by atoms with Crippen molar-refractivity contribution >= 4 is 16.9 Å². The number of hydrogen-bond acceptors (Lipinski definition) is 3. The van der Waals surface area contributed by atoms with Gasteiger partial charge in [-0.3, -0.25) is 4.79 Å². The van der Waals surface area contributed by atoms with E-state index in [4.69, 9.17) is 0 Å². The average molecular weight is 299 g/mol. The summed E-state index contributed by atoms with van der Waals surface area (Å²) in [6.45, 7) is 0.842. The Morgan fingerprint density at radius 3 is 2.90 bits per heavy atom. The predicted octanol–water partition coefficient (Wildman–Crippen LogP) is 3.41. The molecule has 3 aromatic heterocycles. The fourth-order valence-corrected chi connectivity index (χ4v) is 3.87. The van der Waals surface area contributed by atoms with Crippen molar-refractivity contribution in [3.63, 3.8) is 0 Å². The number of rotatable bonds is 3. The molecule has 0 aliphatic heterocycles. The van der Waals surface area contributed by atoms with Gasteiger partial charge in [0.05, 0.1) is 4.88 Å². The lowest BCUT2D eigenvalue weighted by molar-refractivity contribution is 0.448. The molecule has 1 aliphatic carbocycles. The van der Waals surface area contributed by atoms with Crippen LogP contribution in [0.4, 0.5) is 0 Å². The highest BCUT2D eigenvalue weighted by Gasteiger charge is 2.17. The summed E-state index contributed by atoms with van der Waals surface area (Å²) >= 11 is 1.64. The fraction of sp³-hybridized carbons (Fsp3) is 0.375. The predicted molar refractivity (Wildman–Crippen MR) is 84.7 cm³/mol. The third-order valence-corrected chi connectivity index (χ3v) is 5.20. The Balaban J connectivity index is 1.74. The summed E-state index contributed by atoms with van der Waals surface area (Å²) in [6, 6.07) is 5.94. The van der Waals surface area contributed by atoms with Crippen molar-refractivity contribution in [2.24, 2.45) is 5.92 Å². The molecule has 0 bridgehead atoms. The van der Waals surface area contributed by atoms with Crippen LogP contribution >= 0.6 is 11.3 Å². The Labute approximate surface area is 126 Å². The van der Waals surface area contributed by atoms with Crippen molar-refractivity contribution < 1.29 is 0 Å². The first-order valence-corrected chi connectivity index (χ1v) is 8.32. The zero-order valence-electron chi connectivity index (χ0n) is 11.7. The molecule has 0 aromatic carbocycles. The molecular formula is C16H17N3OS. The van der Waals surface area contributed by atoms with E-state index in [1.165, 1.54) is 25.7 Å². The van der Waals surface area contributed by atoms with E-state index in [1.807, 2.05) is 40.5 Å². The third kappa shape index (κ3) is 2.31. The van der Waals surface area contributed by atoms with Gasteiger partial charge in [-0.25, -0.2) is 4.52 Å². The normalized spacial score (nSPS) is 16.0. The standard InChI is InChI=1S/C16H17N3OS/c20-16-14-10-13(15-6-3-9-21-15)17-19(14)8-7-18(16)11-12-4-1-2-5-12/h3,6-10,12H,1-2,4-5,11H2. The second-order valence-electron chi connectivity index (χ2n) is 5.74. The van der Waals surface area contributed by atoms with E-state index < -0.39 is 0 Å². The van der Waals surface area contributed by atoms with E-state index in [0.717, 1.165) is 17.1 Å². The van der Waals surface area contributed by atoms with Crippen LogP contribution in [0.15, 0.2) is 40.8 Å². The second-order valence-corrected chi connectivity index (χ2v) is 6.69. The van der Waals surface area contributed by atoms with Crippen LogP contribution in [0.1, 0.15) is 25.7 Å². The summed E-state index contributed by atoms with van der Waals surface area (Å²) in [4.78, 5) is 13.7. The first-order valence-electron chi connectivity index (χ1n) is 7.44. The molecule has 3 heterocycles. The van der Waals surface area contributed by atoms with Crippen LogP contribution in [0.5, 0.6) is 0 Å². The highest BCUT2D eigenvalue weighted by Crippen LogP contribution is 2.26. The summed E-state index contributed by atoms with van der Waals surface area (Å²) in [5, 5.41) is 6.53. The van der Waals surface area contributed by atoms with Crippen LogP contribution in [0.2, 0.25) is 0 Å². The Bertz CT molecular complexity index is 810. The molecule has 1 aliphatic rings. The maximum Gasteiger partial charge on any atom is 0.276 e. The van der Waals surface area contributed by atoms with E-state index in [1.54, 1.807) is 15.9 Å². The zero-order chi connectivity index (χ0) is 14.2. The smallest absolute Gasteiger partial charge is 0.276 e. The molecular weight excluding hydrogens is 282 g/mol. The van der Waals surface area contributed by atoms with Crippen molar-refractivity contribution in [3.05, 3.63) is 46.3 Å². The van der Waals surface area contributed by atoms with Crippen LogP contribution < -0.4 is 5.56 Å². The van der Waals surface area contributed by atoms with Crippen LogP contribution in [-0.2, 0) is 6.54 Å². The maximum atomic E-state index is 12.6. The van der Waals surface area contributed by atoms with Gasteiger partial charge in [-0.2, -0.15) is 5.10 Å². The van der Waals surface area contributed by atoms with Gasteiger partial charge in [-0.15, -0.1) is 11.3 Å². The van der Waals surface area contributed by atoms with Crippen molar-refractivity contribution in [3.8, 4) is 10.6 Å². The molecule has 0 atom stereocenters. The van der Waals surface area contributed by atoms with Gasteiger partial charge in [-0.05, 0) is 36.3 Å². The molecule has 4 nitrogen and oxygen atoms in total. The molecule has 0 amide bonds. The lowest BCUT2D eigenvalue weighted by Gasteiger charge is -2.11. The molecule has 21 heavy (non-hydrogen) atoms. The lowest BCUT2D eigenvalue weighted by atomic mass is 10.1. The molecule has 0 saturated heterocycles. The van der Waals surface area contributed by atoms with E-state index in [-0.39, 0.29) is 5.56 Å². The van der Waals surface area contributed by atoms with Gasteiger partial charge < -0.3 is 4.57 Å². The van der Waals surface area contributed by atoms with Gasteiger partial charge in [-0.1, -0.05) is 18.9 Å². The van der Waals surface area contributed by atoms with Crippen LogP contribution in [0, 0.1) is 5.92 Å². The first kappa shape index (κ1) is 12.8. The molecule has 3 aromatic rings. The summed E-state index contributed by atoms with van der Waals surface area (Å²) < 4.78 is 3.55. The molecule has 1 fully saturated rings. The van der Waals surface area contributed by atoms with Crippen molar-refractivity contribution in [2.75, 3.05) is 0 Å². The Kier molecular flexibility index (Phi) is 3.15. The molecule has 0 N–H and O–H groups in total. The molecule has 4 rings (SSSR count). The Morgan fingerprint density at radius 1 is 1.29 bits per heavy atom. The van der Waals surface area contributed by atoms with E-state index in [0.29, 0.717) is 11.4 Å².